The predicted octanol–water partition coefficient (Wildman–Crippen LogP) is 4.64. The van der Waals surface area contributed by atoms with Crippen molar-refractivity contribution in [1.29, 1.82) is 0 Å². The maximum absolute atomic E-state index is 12.7. The number of anilines is 2. The van der Waals surface area contributed by atoms with E-state index in [-0.39, 0.29) is 17.9 Å². The fourth-order valence-corrected chi connectivity index (χ4v) is 3.63. The van der Waals surface area contributed by atoms with Crippen LogP contribution in [0.3, 0.4) is 0 Å². The van der Waals surface area contributed by atoms with Crippen LogP contribution in [0, 0.1) is 0 Å². The molecule has 180 valence electrons. The van der Waals surface area contributed by atoms with Crippen LogP contribution in [-0.2, 0) is 14.9 Å². The first-order valence-electron chi connectivity index (χ1n) is 11.6. The molecular formula is C26H36N2O5. The van der Waals surface area contributed by atoms with Gasteiger partial charge in [-0.25, -0.2) is 0 Å². The zero-order valence-electron chi connectivity index (χ0n) is 20.4. The number of rotatable bonds is 9. The molecule has 7 nitrogen and oxygen atoms in total. The first-order valence-corrected chi connectivity index (χ1v) is 11.6. The Bertz CT molecular complexity index is 916. The summed E-state index contributed by atoms with van der Waals surface area (Å²) in [6.45, 7) is 14.1. The minimum absolute atomic E-state index is 0.0667. The number of carbonyl (C=O) groups is 1. The van der Waals surface area contributed by atoms with Gasteiger partial charge in [-0.15, -0.1) is 0 Å². The maximum atomic E-state index is 12.7. The van der Waals surface area contributed by atoms with Crippen molar-refractivity contribution in [2.45, 2.75) is 40.0 Å². The molecule has 0 radical (unpaired) electrons. The zero-order valence-corrected chi connectivity index (χ0v) is 20.4. The van der Waals surface area contributed by atoms with E-state index in [9.17, 15) is 4.79 Å². The van der Waals surface area contributed by atoms with Gasteiger partial charge >= 0.3 is 0 Å². The van der Waals surface area contributed by atoms with Crippen LogP contribution in [-0.4, -0.2) is 52.0 Å². The molecule has 0 aliphatic carbocycles. The molecule has 0 bridgehead atoms. The van der Waals surface area contributed by atoms with Crippen molar-refractivity contribution in [3.63, 3.8) is 0 Å². The highest BCUT2D eigenvalue weighted by Crippen LogP contribution is 2.39. The van der Waals surface area contributed by atoms with E-state index in [2.05, 4.69) is 31.0 Å². The van der Waals surface area contributed by atoms with Crippen LogP contribution in [0.25, 0.3) is 0 Å². The summed E-state index contributed by atoms with van der Waals surface area (Å²) in [5, 5.41) is 2.92. The highest BCUT2D eigenvalue weighted by Gasteiger charge is 2.20. The lowest BCUT2D eigenvalue weighted by Gasteiger charge is -2.31. The summed E-state index contributed by atoms with van der Waals surface area (Å²) in [5.41, 5.74) is 2.78. The Kier molecular flexibility index (Phi) is 8.44. The third-order valence-corrected chi connectivity index (χ3v) is 5.38. The number of morpholine rings is 1. The number of hydrogen-bond acceptors (Lipinski definition) is 6. The molecule has 0 spiro atoms. The third kappa shape index (κ3) is 6.78. The first-order chi connectivity index (χ1) is 15.8. The number of hydrogen-bond donors (Lipinski definition) is 1. The quantitative estimate of drug-likeness (QED) is 0.593. The fraction of sp³-hybridized carbons (Fsp3) is 0.500. The molecule has 1 aliphatic rings. The van der Waals surface area contributed by atoms with Gasteiger partial charge in [0.2, 0.25) is 0 Å². The van der Waals surface area contributed by atoms with E-state index in [1.165, 1.54) is 5.56 Å². The highest BCUT2D eigenvalue weighted by atomic mass is 16.5. The molecule has 0 saturated carbocycles. The molecule has 3 rings (SSSR count). The molecule has 1 saturated heterocycles. The Morgan fingerprint density at radius 3 is 2.21 bits per heavy atom. The summed E-state index contributed by atoms with van der Waals surface area (Å²) in [7, 11) is 0. The number of benzene rings is 2. The van der Waals surface area contributed by atoms with E-state index in [1.807, 2.05) is 50.2 Å². The van der Waals surface area contributed by atoms with Gasteiger partial charge in [-0.2, -0.15) is 0 Å². The van der Waals surface area contributed by atoms with E-state index >= 15 is 0 Å². The average molecular weight is 457 g/mol. The summed E-state index contributed by atoms with van der Waals surface area (Å²) in [6, 6.07) is 11.6. The molecule has 0 aromatic heterocycles. The van der Waals surface area contributed by atoms with E-state index in [1.54, 1.807) is 0 Å². The predicted molar refractivity (Wildman–Crippen MR) is 131 cm³/mol. The van der Waals surface area contributed by atoms with Gasteiger partial charge in [0.15, 0.2) is 6.61 Å². The van der Waals surface area contributed by atoms with E-state index in [4.69, 9.17) is 18.9 Å². The minimum Gasteiger partial charge on any atom is -0.492 e. The first kappa shape index (κ1) is 24.7. The fourth-order valence-electron chi connectivity index (χ4n) is 3.63. The maximum Gasteiger partial charge on any atom is 0.262 e. The van der Waals surface area contributed by atoms with Gasteiger partial charge in [-0.3, -0.25) is 4.79 Å². The monoisotopic (exact) mass is 456 g/mol. The summed E-state index contributed by atoms with van der Waals surface area (Å²) >= 11 is 0. The number of amides is 1. The van der Waals surface area contributed by atoms with Crippen LogP contribution in [0.4, 0.5) is 11.4 Å². The molecule has 1 aliphatic heterocycles. The van der Waals surface area contributed by atoms with Gasteiger partial charge in [0.1, 0.15) is 17.2 Å². The van der Waals surface area contributed by atoms with E-state index in [0.717, 1.165) is 18.8 Å². The molecular weight excluding hydrogens is 420 g/mol. The van der Waals surface area contributed by atoms with Gasteiger partial charge in [0.25, 0.3) is 5.91 Å². The minimum atomic E-state index is -0.266. The number of nitrogens with one attached hydrogen (secondary N) is 1. The number of nitrogens with zero attached hydrogens (tertiary/aromatic N) is 1. The normalized spacial score (nSPS) is 14.0. The second-order valence-electron chi connectivity index (χ2n) is 8.89. The molecule has 0 unspecified atom stereocenters. The van der Waals surface area contributed by atoms with Crippen LogP contribution in [0.5, 0.6) is 17.2 Å². The second-order valence-corrected chi connectivity index (χ2v) is 8.89. The summed E-state index contributed by atoms with van der Waals surface area (Å²) in [4.78, 5) is 14.9. The standard InChI is InChI=1S/C26H36N2O5/c1-6-31-23-17-22(28-12-14-30-15-13-28)24(32-7-2)16-21(23)27-25(29)18-33-20-10-8-19(9-11-20)26(3,4)5/h8-11,16-17H,6-7,12-15,18H2,1-5H3,(H,27,29). The summed E-state index contributed by atoms with van der Waals surface area (Å²) in [5.74, 6) is 1.69. The largest absolute Gasteiger partial charge is 0.492 e. The zero-order chi connectivity index (χ0) is 23.8. The molecule has 33 heavy (non-hydrogen) atoms. The van der Waals surface area contributed by atoms with Crippen molar-refractivity contribution >= 4 is 17.3 Å². The lowest BCUT2D eigenvalue weighted by molar-refractivity contribution is -0.118. The second kappa shape index (κ2) is 11.3. The SMILES string of the molecule is CCOc1cc(N2CCOCC2)c(OCC)cc1NC(=O)COc1ccc(C(C)(C)C)cc1. The Labute approximate surface area is 197 Å². The average Bonchev–Trinajstić information content (AvgIpc) is 2.80. The van der Waals surface area contributed by atoms with E-state index < -0.39 is 0 Å². The number of ether oxygens (including phenoxy) is 4. The Hall–Kier alpha value is -2.93. The lowest BCUT2D eigenvalue weighted by atomic mass is 9.87. The van der Waals surface area contributed by atoms with Gasteiger partial charge in [-0.05, 0) is 37.0 Å². The van der Waals surface area contributed by atoms with E-state index in [0.29, 0.717) is 49.4 Å². The van der Waals surface area contributed by atoms with Crippen molar-refractivity contribution in [2.75, 3.05) is 56.3 Å². The van der Waals surface area contributed by atoms with Gasteiger partial charge in [0.05, 0.1) is 37.8 Å². The van der Waals surface area contributed by atoms with Crippen LogP contribution >= 0.6 is 0 Å². The molecule has 7 heteroatoms. The van der Waals surface area contributed by atoms with Crippen LogP contribution in [0.2, 0.25) is 0 Å². The smallest absolute Gasteiger partial charge is 0.262 e. The Morgan fingerprint density at radius 1 is 0.970 bits per heavy atom. The number of carbonyl (C=O) groups excluding carboxylic acids is 1. The highest BCUT2D eigenvalue weighted by molar-refractivity contribution is 5.94. The molecule has 0 atom stereocenters. The molecule has 1 fully saturated rings. The van der Waals surface area contributed by atoms with Crippen LogP contribution < -0.4 is 24.4 Å². The molecule has 2 aromatic carbocycles. The van der Waals surface area contributed by atoms with Gasteiger partial charge in [0, 0.05) is 25.2 Å². The van der Waals surface area contributed by atoms with Crippen molar-refractivity contribution in [1.82, 2.24) is 0 Å². The Morgan fingerprint density at radius 2 is 1.61 bits per heavy atom. The van der Waals surface area contributed by atoms with Crippen molar-refractivity contribution in [2.24, 2.45) is 0 Å². The molecule has 2 aromatic rings. The molecule has 1 amide bonds. The lowest BCUT2D eigenvalue weighted by Crippen LogP contribution is -2.36. The van der Waals surface area contributed by atoms with Gasteiger partial charge in [-0.1, -0.05) is 32.9 Å². The molecule has 1 N–H and O–H groups in total. The summed E-state index contributed by atoms with van der Waals surface area (Å²) in [6.07, 6.45) is 0. The van der Waals surface area contributed by atoms with Crippen LogP contribution in [0.15, 0.2) is 36.4 Å². The third-order valence-electron chi connectivity index (χ3n) is 5.38. The Balaban J connectivity index is 1.72. The molecule has 1 heterocycles. The van der Waals surface area contributed by atoms with Crippen molar-refractivity contribution < 1.29 is 23.7 Å². The van der Waals surface area contributed by atoms with Crippen molar-refractivity contribution in [3.8, 4) is 17.2 Å². The topological polar surface area (TPSA) is 69.3 Å². The van der Waals surface area contributed by atoms with Crippen LogP contribution in [0.1, 0.15) is 40.2 Å². The van der Waals surface area contributed by atoms with Crippen molar-refractivity contribution in [3.05, 3.63) is 42.0 Å². The van der Waals surface area contributed by atoms with Gasteiger partial charge < -0.3 is 29.2 Å². The summed E-state index contributed by atoms with van der Waals surface area (Å²) < 4.78 is 22.9.